The standard InChI is InChI=1S/C45H27N5O3/c1-3-7-28(8-4-1)49(30-11-14-33-36-19-21-46-26-42(36)51-39(33)23-30)31-12-16-35-38-17-18-44(48-45(38)53-41(35)24-31)50(29-9-5-2-6-10-29)32-13-15-34-37-20-22-47-27-43(37)52-40(34)25-32/h1-27H. The predicted octanol–water partition coefficient (Wildman–Crippen LogP) is 12.5. The molecule has 0 aliphatic heterocycles. The summed E-state index contributed by atoms with van der Waals surface area (Å²) < 4.78 is 19.0. The van der Waals surface area contributed by atoms with E-state index in [2.05, 4.69) is 105 Å². The van der Waals surface area contributed by atoms with E-state index in [4.69, 9.17) is 18.2 Å². The Balaban J connectivity index is 1.03. The Hall–Kier alpha value is -7.45. The van der Waals surface area contributed by atoms with Gasteiger partial charge in [-0.05, 0) is 84.9 Å². The zero-order chi connectivity index (χ0) is 34.9. The summed E-state index contributed by atoms with van der Waals surface area (Å²) in [6.07, 6.45) is 7.09. The summed E-state index contributed by atoms with van der Waals surface area (Å²) in [6, 6.07) is 47.5. The molecule has 8 heteroatoms. The Morgan fingerprint density at radius 3 is 1.38 bits per heavy atom. The van der Waals surface area contributed by atoms with Crippen molar-refractivity contribution in [2.24, 2.45) is 0 Å². The van der Waals surface area contributed by atoms with Gasteiger partial charge in [0, 0.05) is 85.7 Å². The summed E-state index contributed by atoms with van der Waals surface area (Å²) in [5.41, 5.74) is 9.18. The van der Waals surface area contributed by atoms with Crippen LogP contribution in [0.3, 0.4) is 0 Å². The van der Waals surface area contributed by atoms with E-state index in [0.717, 1.165) is 94.5 Å². The molecule has 0 aliphatic carbocycles. The number of fused-ring (bicyclic) bond motifs is 9. The van der Waals surface area contributed by atoms with E-state index in [1.165, 1.54) is 0 Å². The third kappa shape index (κ3) is 4.73. The van der Waals surface area contributed by atoms with Gasteiger partial charge in [0.2, 0.25) is 5.71 Å². The molecule has 0 saturated heterocycles. The van der Waals surface area contributed by atoms with Gasteiger partial charge in [-0.3, -0.25) is 14.9 Å². The fraction of sp³-hybridized carbons (Fsp3) is 0. The number of nitrogens with zero attached hydrogens (tertiary/aromatic N) is 5. The largest absolute Gasteiger partial charge is 0.454 e. The van der Waals surface area contributed by atoms with Gasteiger partial charge in [-0.25, -0.2) is 0 Å². The number of hydrogen-bond donors (Lipinski definition) is 0. The molecular formula is C45H27N5O3. The van der Waals surface area contributed by atoms with Gasteiger partial charge in [-0.2, -0.15) is 4.98 Å². The van der Waals surface area contributed by atoms with Gasteiger partial charge in [0.1, 0.15) is 22.6 Å². The minimum Gasteiger partial charge on any atom is -0.454 e. The molecule has 8 nitrogen and oxygen atoms in total. The molecule has 0 aliphatic rings. The number of para-hydroxylation sites is 2. The van der Waals surface area contributed by atoms with Crippen molar-refractivity contribution in [1.82, 2.24) is 15.0 Å². The average Bonchev–Trinajstić information content (AvgIpc) is 3.89. The zero-order valence-corrected chi connectivity index (χ0v) is 28.0. The van der Waals surface area contributed by atoms with Gasteiger partial charge in [0.15, 0.2) is 11.2 Å². The topological polar surface area (TPSA) is 84.6 Å². The molecule has 0 amide bonds. The van der Waals surface area contributed by atoms with Crippen molar-refractivity contribution in [1.29, 1.82) is 0 Å². The van der Waals surface area contributed by atoms with Crippen molar-refractivity contribution in [3.63, 3.8) is 0 Å². The van der Waals surface area contributed by atoms with Crippen LogP contribution in [0, 0.1) is 0 Å². The Labute approximate surface area is 301 Å². The second kappa shape index (κ2) is 11.5. The highest BCUT2D eigenvalue weighted by Crippen LogP contribution is 2.42. The summed E-state index contributed by atoms with van der Waals surface area (Å²) in [5.74, 6) is 0.723. The summed E-state index contributed by atoms with van der Waals surface area (Å²) in [4.78, 5) is 17.9. The van der Waals surface area contributed by atoms with Crippen molar-refractivity contribution in [3.8, 4) is 0 Å². The number of hydrogen-bond acceptors (Lipinski definition) is 8. The Morgan fingerprint density at radius 1 is 0.358 bits per heavy atom. The molecule has 0 atom stereocenters. The van der Waals surface area contributed by atoms with Crippen LogP contribution in [0.25, 0.3) is 65.9 Å². The van der Waals surface area contributed by atoms with Gasteiger partial charge in [0.25, 0.3) is 0 Å². The Kier molecular flexibility index (Phi) is 6.38. The average molecular weight is 686 g/mol. The van der Waals surface area contributed by atoms with Gasteiger partial charge in [-0.1, -0.05) is 36.4 Å². The van der Waals surface area contributed by atoms with Crippen LogP contribution in [0.4, 0.5) is 34.3 Å². The summed E-state index contributed by atoms with van der Waals surface area (Å²) >= 11 is 0. The van der Waals surface area contributed by atoms with Crippen LogP contribution < -0.4 is 9.80 Å². The van der Waals surface area contributed by atoms with Crippen LogP contribution in [0.1, 0.15) is 0 Å². The highest BCUT2D eigenvalue weighted by molar-refractivity contribution is 6.08. The smallest absolute Gasteiger partial charge is 0.229 e. The molecule has 0 fully saturated rings. The lowest BCUT2D eigenvalue weighted by molar-refractivity contribution is 0.654. The molecule has 0 unspecified atom stereocenters. The van der Waals surface area contributed by atoms with Crippen LogP contribution in [-0.4, -0.2) is 15.0 Å². The van der Waals surface area contributed by atoms with Gasteiger partial charge in [-0.15, -0.1) is 0 Å². The van der Waals surface area contributed by atoms with E-state index in [-0.39, 0.29) is 0 Å². The van der Waals surface area contributed by atoms with Crippen LogP contribution in [0.15, 0.2) is 178 Å². The number of benzene rings is 5. The van der Waals surface area contributed by atoms with Gasteiger partial charge < -0.3 is 18.2 Å². The normalized spacial score (nSPS) is 11.8. The van der Waals surface area contributed by atoms with Crippen molar-refractivity contribution >= 4 is 100 Å². The monoisotopic (exact) mass is 685 g/mol. The molecule has 6 heterocycles. The summed E-state index contributed by atoms with van der Waals surface area (Å²) in [7, 11) is 0. The number of aromatic nitrogens is 3. The second-order valence-electron chi connectivity index (χ2n) is 13.0. The van der Waals surface area contributed by atoms with Crippen molar-refractivity contribution < 1.29 is 13.3 Å². The fourth-order valence-electron chi connectivity index (χ4n) is 7.43. The minimum atomic E-state index is 0.551. The molecule has 0 bridgehead atoms. The highest BCUT2D eigenvalue weighted by Gasteiger charge is 2.21. The van der Waals surface area contributed by atoms with E-state index in [1.54, 1.807) is 24.8 Å². The molecule has 5 aromatic carbocycles. The first-order valence-electron chi connectivity index (χ1n) is 17.3. The van der Waals surface area contributed by atoms with E-state index in [0.29, 0.717) is 5.71 Å². The quantitative estimate of drug-likeness (QED) is 0.171. The first-order chi connectivity index (χ1) is 26.2. The van der Waals surface area contributed by atoms with Crippen LogP contribution in [0.5, 0.6) is 0 Å². The third-order valence-corrected chi connectivity index (χ3v) is 9.86. The summed E-state index contributed by atoms with van der Waals surface area (Å²) in [5, 5.41) is 6.09. The molecule has 0 N–H and O–H groups in total. The lowest BCUT2D eigenvalue weighted by Gasteiger charge is -2.25. The Morgan fingerprint density at radius 2 is 0.811 bits per heavy atom. The molecular weight excluding hydrogens is 659 g/mol. The lowest BCUT2D eigenvalue weighted by Crippen LogP contribution is -2.11. The van der Waals surface area contributed by atoms with Crippen molar-refractivity contribution in [2.75, 3.05) is 9.80 Å². The van der Waals surface area contributed by atoms with E-state index < -0.39 is 0 Å². The molecule has 6 aromatic heterocycles. The van der Waals surface area contributed by atoms with Crippen LogP contribution in [0.2, 0.25) is 0 Å². The zero-order valence-electron chi connectivity index (χ0n) is 28.0. The third-order valence-electron chi connectivity index (χ3n) is 9.86. The van der Waals surface area contributed by atoms with Gasteiger partial charge in [0.05, 0.1) is 18.1 Å². The molecule has 0 spiro atoms. The van der Waals surface area contributed by atoms with Crippen LogP contribution in [-0.2, 0) is 0 Å². The predicted molar refractivity (Wildman–Crippen MR) is 211 cm³/mol. The molecule has 53 heavy (non-hydrogen) atoms. The number of anilines is 6. The Bertz CT molecular complexity index is 2940. The molecule has 0 saturated carbocycles. The fourth-order valence-corrected chi connectivity index (χ4v) is 7.43. The van der Waals surface area contributed by atoms with Crippen LogP contribution >= 0.6 is 0 Å². The maximum atomic E-state index is 6.58. The number of furan rings is 3. The second-order valence-corrected chi connectivity index (χ2v) is 13.0. The SMILES string of the molecule is c1ccc(N(c2ccc3c(c2)oc2cnccc23)c2ccc3c(c2)oc2nc(N(c4ccccc4)c4ccc5c(c4)oc4cnccc45)ccc23)cc1. The maximum absolute atomic E-state index is 6.58. The van der Waals surface area contributed by atoms with Crippen molar-refractivity contribution in [2.45, 2.75) is 0 Å². The molecule has 0 radical (unpaired) electrons. The number of pyridine rings is 3. The molecule has 250 valence electrons. The summed E-state index contributed by atoms with van der Waals surface area (Å²) in [6.45, 7) is 0. The van der Waals surface area contributed by atoms with Gasteiger partial charge >= 0.3 is 0 Å². The minimum absolute atomic E-state index is 0.551. The van der Waals surface area contributed by atoms with E-state index >= 15 is 0 Å². The first-order valence-corrected chi connectivity index (χ1v) is 17.3. The maximum Gasteiger partial charge on any atom is 0.229 e. The van der Waals surface area contributed by atoms with E-state index in [1.807, 2.05) is 54.6 Å². The first kappa shape index (κ1) is 29.3. The lowest BCUT2D eigenvalue weighted by atomic mass is 10.1. The highest BCUT2D eigenvalue weighted by atomic mass is 16.3. The number of rotatable bonds is 6. The van der Waals surface area contributed by atoms with Crippen molar-refractivity contribution in [3.05, 3.63) is 164 Å². The molecule has 11 rings (SSSR count). The molecule has 11 aromatic rings. The van der Waals surface area contributed by atoms with E-state index in [9.17, 15) is 0 Å².